The first kappa shape index (κ1) is 17.2. The van der Waals surface area contributed by atoms with E-state index in [1.54, 1.807) is 0 Å². The van der Waals surface area contributed by atoms with Gasteiger partial charge in [0, 0.05) is 12.0 Å². The first-order valence-corrected chi connectivity index (χ1v) is 6.83. The summed E-state index contributed by atoms with van der Waals surface area (Å²) in [4.78, 5) is 20.2. The predicted molar refractivity (Wildman–Crippen MR) is 84.7 cm³/mol. The van der Waals surface area contributed by atoms with Gasteiger partial charge in [0.2, 0.25) is 5.91 Å². The van der Waals surface area contributed by atoms with Crippen LogP contribution in [0.5, 0.6) is 0 Å². The Balaban J connectivity index is 0.00000192. The van der Waals surface area contributed by atoms with Crippen molar-refractivity contribution in [2.75, 3.05) is 11.9 Å². The van der Waals surface area contributed by atoms with Crippen LogP contribution in [0.2, 0.25) is 0 Å². The van der Waals surface area contributed by atoms with Crippen molar-refractivity contribution in [2.24, 2.45) is 0 Å². The molecule has 1 fully saturated rings. The maximum absolute atomic E-state index is 13.1. The average molecular weight is 341 g/mol. The van der Waals surface area contributed by atoms with E-state index >= 15 is 0 Å². The van der Waals surface area contributed by atoms with Crippen LogP contribution in [0.25, 0.3) is 11.4 Å². The molecular weight excluding hydrogens is 326 g/mol. The number of halogens is 3. The lowest BCUT2D eigenvalue weighted by Crippen LogP contribution is -2.35. The molecule has 5 nitrogen and oxygen atoms in total. The molecule has 122 valence electrons. The van der Waals surface area contributed by atoms with Crippen LogP contribution in [-0.2, 0) is 4.79 Å². The molecule has 1 amide bonds. The highest BCUT2D eigenvalue weighted by atomic mass is 35.5. The topological polar surface area (TPSA) is 66.9 Å². The third kappa shape index (κ3) is 4.20. The molecule has 2 N–H and O–H groups in total. The third-order valence-corrected chi connectivity index (χ3v) is 3.38. The highest BCUT2D eigenvalue weighted by Gasteiger charge is 2.42. The molecule has 3 rings (SSSR count). The zero-order valence-corrected chi connectivity index (χ0v) is 12.8. The SMILES string of the molecule is Cl.O=C(Nc1cnc(-c2ccccc2)nc1)C1CC(F)(F)CN1. The molecule has 1 aromatic heterocycles. The third-order valence-electron chi connectivity index (χ3n) is 3.38. The van der Waals surface area contributed by atoms with Gasteiger partial charge in [-0.1, -0.05) is 30.3 Å². The summed E-state index contributed by atoms with van der Waals surface area (Å²) in [6, 6.07) is 8.49. The number of nitrogens with one attached hydrogen (secondary N) is 2. The summed E-state index contributed by atoms with van der Waals surface area (Å²) in [6.45, 7) is -0.478. The van der Waals surface area contributed by atoms with Crippen LogP contribution in [0, 0.1) is 0 Å². The van der Waals surface area contributed by atoms with Crippen LogP contribution < -0.4 is 10.6 Å². The number of aromatic nitrogens is 2. The van der Waals surface area contributed by atoms with E-state index in [0.29, 0.717) is 11.5 Å². The van der Waals surface area contributed by atoms with Crippen molar-refractivity contribution >= 4 is 24.0 Å². The van der Waals surface area contributed by atoms with Crippen molar-refractivity contribution in [3.63, 3.8) is 0 Å². The highest BCUT2D eigenvalue weighted by molar-refractivity contribution is 5.94. The van der Waals surface area contributed by atoms with E-state index in [-0.39, 0.29) is 12.4 Å². The van der Waals surface area contributed by atoms with Gasteiger partial charge in [0.15, 0.2) is 5.82 Å². The molecule has 0 saturated carbocycles. The van der Waals surface area contributed by atoms with Crippen molar-refractivity contribution in [2.45, 2.75) is 18.4 Å². The van der Waals surface area contributed by atoms with E-state index in [0.717, 1.165) is 5.56 Å². The van der Waals surface area contributed by atoms with E-state index in [2.05, 4.69) is 20.6 Å². The normalized spacial score (nSPS) is 19.0. The number of carbonyl (C=O) groups is 1. The van der Waals surface area contributed by atoms with Crippen LogP contribution in [-0.4, -0.2) is 34.4 Å². The molecule has 1 saturated heterocycles. The van der Waals surface area contributed by atoms with Gasteiger partial charge < -0.3 is 5.32 Å². The molecule has 0 bridgehead atoms. The number of anilines is 1. The Kier molecular flexibility index (Phi) is 5.23. The molecule has 0 aliphatic carbocycles. The molecule has 0 radical (unpaired) electrons. The lowest BCUT2D eigenvalue weighted by molar-refractivity contribution is -0.118. The first-order chi connectivity index (χ1) is 10.5. The number of nitrogens with zero attached hydrogens (tertiary/aromatic N) is 2. The second-order valence-corrected chi connectivity index (χ2v) is 5.14. The Morgan fingerprint density at radius 2 is 1.87 bits per heavy atom. The van der Waals surface area contributed by atoms with Crippen LogP contribution in [0.4, 0.5) is 14.5 Å². The van der Waals surface area contributed by atoms with Crippen molar-refractivity contribution in [3.8, 4) is 11.4 Å². The van der Waals surface area contributed by atoms with Crippen LogP contribution in [0.1, 0.15) is 6.42 Å². The monoisotopic (exact) mass is 340 g/mol. The second kappa shape index (κ2) is 6.97. The van der Waals surface area contributed by atoms with E-state index in [1.165, 1.54) is 12.4 Å². The van der Waals surface area contributed by atoms with Gasteiger partial charge in [-0.25, -0.2) is 18.7 Å². The summed E-state index contributed by atoms with van der Waals surface area (Å²) < 4.78 is 26.1. The number of amides is 1. The second-order valence-electron chi connectivity index (χ2n) is 5.14. The minimum Gasteiger partial charge on any atom is -0.322 e. The predicted octanol–water partition coefficient (Wildman–Crippen LogP) is 2.50. The Labute approximate surface area is 137 Å². The molecule has 1 unspecified atom stereocenters. The number of hydrogen-bond acceptors (Lipinski definition) is 4. The summed E-state index contributed by atoms with van der Waals surface area (Å²) in [5, 5.41) is 5.04. The zero-order chi connectivity index (χ0) is 15.6. The number of alkyl halides is 2. The fourth-order valence-electron chi connectivity index (χ4n) is 2.26. The molecular formula is C15H15ClF2N4O. The molecule has 2 heterocycles. The van der Waals surface area contributed by atoms with E-state index in [9.17, 15) is 13.6 Å². The van der Waals surface area contributed by atoms with Gasteiger partial charge >= 0.3 is 0 Å². The minimum atomic E-state index is -2.84. The molecule has 8 heteroatoms. The van der Waals surface area contributed by atoms with Gasteiger partial charge in [-0.3, -0.25) is 10.1 Å². The lowest BCUT2D eigenvalue weighted by Gasteiger charge is -2.11. The molecule has 1 atom stereocenters. The largest absolute Gasteiger partial charge is 0.322 e. The molecule has 2 aromatic rings. The molecule has 1 aromatic carbocycles. The van der Waals surface area contributed by atoms with Crippen LogP contribution in [0.3, 0.4) is 0 Å². The smallest absolute Gasteiger partial charge is 0.262 e. The summed E-state index contributed by atoms with van der Waals surface area (Å²) >= 11 is 0. The lowest BCUT2D eigenvalue weighted by atomic mass is 10.2. The quantitative estimate of drug-likeness (QED) is 0.901. The number of carbonyl (C=O) groups excluding carboxylic acids is 1. The Hall–Kier alpha value is -2.12. The molecule has 0 spiro atoms. The van der Waals surface area contributed by atoms with Crippen LogP contribution in [0.15, 0.2) is 42.7 Å². The van der Waals surface area contributed by atoms with Crippen molar-refractivity contribution in [1.82, 2.24) is 15.3 Å². The van der Waals surface area contributed by atoms with Gasteiger partial charge in [-0.05, 0) is 0 Å². The zero-order valence-electron chi connectivity index (χ0n) is 12.0. The summed E-state index contributed by atoms with van der Waals surface area (Å²) in [5.41, 5.74) is 1.24. The van der Waals surface area contributed by atoms with Gasteiger partial charge in [0.1, 0.15) is 0 Å². The first-order valence-electron chi connectivity index (χ1n) is 6.83. The van der Waals surface area contributed by atoms with Crippen molar-refractivity contribution in [3.05, 3.63) is 42.7 Å². The standard InChI is InChI=1S/C15H14F2N4O.ClH/c16-15(17)6-12(20-9-15)14(22)21-11-7-18-13(19-8-11)10-4-2-1-3-5-10;/h1-5,7-8,12,20H,6,9H2,(H,21,22);1H. The minimum absolute atomic E-state index is 0. The summed E-state index contributed by atoms with van der Waals surface area (Å²) in [6.07, 6.45) is 2.42. The fraction of sp³-hybridized carbons (Fsp3) is 0.267. The van der Waals surface area contributed by atoms with Crippen LogP contribution >= 0.6 is 12.4 Å². The maximum atomic E-state index is 13.1. The van der Waals surface area contributed by atoms with E-state index in [1.807, 2.05) is 30.3 Å². The number of hydrogen-bond donors (Lipinski definition) is 2. The highest BCUT2D eigenvalue weighted by Crippen LogP contribution is 2.25. The van der Waals surface area contributed by atoms with E-state index in [4.69, 9.17) is 0 Å². The van der Waals surface area contributed by atoms with Gasteiger partial charge in [0.25, 0.3) is 5.92 Å². The Bertz CT molecular complexity index is 667. The maximum Gasteiger partial charge on any atom is 0.262 e. The van der Waals surface area contributed by atoms with E-state index < -0.39 is 30.8 Å². The summed E-state index contributed by atoms with van der Waals surface area (Å²) in [7, 11) is 0. The average Bonchev–Trinajstić information content (AvgIpc) is 2.89. The van der Waals surface area contributed by atoms with Gasteiger partial charge in [-0.2, -0.15) is 0 Å². The number of benzene rings is 1. The Morgan fingerprint density at radius 1 is 1.22 bits per heavy atom. The Morgan fingerprint density at radius 3 is 2.43 bits per heavy atom. The molecule has 1 aliphatic rings. The fourth-order valence-corrected chi connectivity index (χ4v) is 2.26. The molecule has 1 aliphatic heterocycles. The van der Waals surface area contributed by atoms with Crippen molar-refractivity contribution in [1.29, 1.82) is 0 Å². The van der Waals surface area contributed by atoms with Crippen molar-refractivity contribution < 1.29 is 13.6 Å². The number of rotatable bonds is 3. The summed E-state index contributed by atoms with van der Waals surface area (Å²) in [5.74, 6) is -2.81. The van der Waals surface area contributed by atoms with Gasteiger partial charge in [0.05, 0.1) is 30.7 Å². The molecule has 23 heavy (non-hydrogen) atoms. The van der Waals surface area contributed by atoms with Gasteiger partial charge in [-0.15, -0.1) is 12.4 Å².